The van der Waals surface area contributed by atoms with Gasteiger partial charge in [-0.1, -0.05) is 37.3 Å². The minimum absolute atomic E-state index is 0.0629. The molecule has 1 amide bonds. The van der Waals surface area contributed by atoms with Crippen LogP contribution in [0.15, 0.2) is 78.6 Å². The number of H-pyrrole nitrogens is 1. The molecule has 2 aliphatic rings. The fourth-order valence-electron chi connectivity index (χ4n) is 7.30. The van der Waals surface area contributed by atoms with E-state index in [1.165, 1.54) is 36.5 Å². The average molecular weight is 843 g/mol. The summed E-state index contributed by atoms with van der Waals surface area (Å²) in [6, 6.07) is 14.5. The van der Waals surface area contributed by atoms with Crippen LogP contribution in [-0.4, -0.2) is 104 Å². The van der Waals surface area contributed by atoms with E-state index in [4.69, 9.17) is 20.4 Å². The number of allylic oxidation sites excluding steroid dienone is 2. The molecule has 0 bridgehead atoms. The molecular weight excluding hydrogens is 797 g/mol. The minimum Gasteiger partial charge on any atom is -0.479 e. The lowest BCUT2D eigenvalue weighted by Crippen LogP contribution is -2.44. The summed E-state index contributed by atoms with van der Waals surface area (Å²) in [5.74, 6) is -5.87. The standard InChI is InChI=1S/C38H38F5N5O2.C4H6O6/c1-3-47-19-17-28(18-20-47)45-35(50)16-8-24-7-15-30(25-9-12-27(13-10-25)38(41,42)43)32(21-24)48(2)29(22-34(49)37-33(48)23-44-46-37)14-11-26-5-4-6-31(39)36(26)40;5-1(3(7)8)2(6)4(9)10/h4-7,9-10,12-13,15,21-23,28H,3,8,11,14,16-20H2,1-2H3,(H-,44,45,46,49,50);1-2,5-6H,(H,7,8)(H,9,10)/p+1. The molecule has 1 fully saturated rings. The number of alkyl halides is 3. The van der Waals surface area contributed by atoms with E-state index in [-0.39, 0.29) is 52.7 Å². The van der Waals surface area contributed by atoms with Crippen LogP contribution in [-0.2, 0) is 33.4 Å². The monoisotopic (exact) mass is 842 g/mol. The Bertz CT molecular complexity index is 2220. The Hall–Kier alpha value is -5.82. The first-order valence-electron chi connectivity index (χ1n) is 19.1. The molecule has 3 atom stereocenters. The molecule has 3 aromatic carbocycles. The number of benzene rings is 3. The number of aliphatic hydroxyl groups excluding tert-OH is 2. The highest BCUT2D eigenvalue weighted by Crippen LogP contribution is 2.48. The molecule has 0 spiro atoms. The highest BCUT2D eigenvalue weighted by atomic mass is 19.4. The lowest BCUT2D eigenvalue weighted by Gasteiger charge is -2.38. The number of amides is 1. The molecule has 3 unspecified atom stereocenters. The van der Waals surface area contributed by atoms with Gasteiger partial charge in [-0.25, -0.2) is 22.9 Å². The van der Waals surface area contributed by atoms with Crippen LogP contribution in [0.3, 0.4) is 0 Å². The summed E-state index contributed by atoms with van der Waals surface area (Å²) < 4.78 is 69.2. The number of carbonyl (C=O) groups is 4. The zero-order valence-electron chi connectivity index (χ0n) is 32.7. The summed E-state index contributed by atoms with van der Waals surface area (Å²) in [5.41, 5.74) is 3.18. The number of carboxylic acids is 2. The number of carbonyl (C=O) groups excluding carboxylic acids is 2. The molecule has 1 saturated heterocycles. The van der Waals surface area contributed by atoms with Crippen LogP contribution in [0.25, 0.3) is 11.1 Å². The molecule has 18 heteroatoms. The van der Waals surface area contributed by atoms with E-state index < -0.39 is 47.5 Å². The summed E-state index contributed by atoms with van der Waals surface area (Å²) in [6.07, 6.45) is -3.42. The molecule has 13 nitrogen and oxygen atoms in total. The predicted octanol–water partition coefficient (Wildman–Crippen LogP) is 5.77. The van der Waals surface area contributed by atoms with Crippen molar-refractivity contribution < 1.29 is 61.6 Å². The number of rotatable bonds is 13. The predicted molar refractivity (Wildman–Crippen MR) is 209 cm³/mol. The van der Waals surface area contributed by atoms with E-state index in [0.717, 1.165) is 56.2 Å². The SMILES string of the molecule is CCN1CCC(NC(=O)CCc2ccc(-c3ccc(C(F)(F)F)cc3)c([N+]3(C)C(CCc4cccc(F)c4F)=CC(=O)c4[nH]ncc43)c2)CC1.O=C(O)C(O)C(O)C(=O)O. The summed E-state index contributed by atoms with van der Waals surface area (Å²) >= 11 is 0. The van der Waals surface area contributed by atoms with Crippen LogP contribution in [0.2, 0.25) is 0 Å². The smallest absolute Gasteiger partial charge is 0.416 e. The van der Waals surface area contributed by atoms with Crippen LogP contribution in [0.5, 0.6) is 0 Å². The molecule has 6 N–H and O–H groups in total. The Labute approximate surface area is 341 Å². The van der Waals surface area contributed by atoms with Gasteiger partial charge in [-0.15, -0.1) is 0 Å². The van der Waals surface area contributed by atoms with Crippen LogP contribution in [0.4, 0.5) is 33.3 Å². The van der Waals surface area contributed by atoms with Crippen LogP contribution >= 0.6 is 0 Å². The number of hydrogen-bond acceptors (Lipinski definition) is 8. The number of aryl methyl sites for hydroxylation is 2. The maximum Gasteiger partial charge on any atom is 0.416 e. The van der Waals surface area contributed by atoms with Gasteiger partial charge in [0.25, 0.3) is 0 Å². The van der Waals surface area contributed by atoms with Gasteiger partial charge in [0.05, 0.1) is 12.6 Å². The second-order valence-corrected chi connectivity index (χ2v) is 14.6. The van der Waals surface area contributed by atoms with Crippen LogP contribution in [0, 0.1) is 11.6 Å². The zero-order chi connectivity index (χ0) is 43.9. The highest BCUT2D eigenvalue weighted by molar-refractivity contribution is 6.10. The maximum absolute atomic E-state index is 14.7. The molecule has 60 heavy (non-hydrogen) atoms. The molecule has 4 aromatic rings. The number of aliphatic hydroxyl groups is 2. The molecule has 0 saturated carbocycles. The molecule has 0 aliphatic carbocycles. The van der Waals surface area contributed by atoms with E-state index in [9.17, 15) is 41.1 Å². The van der Waals surface area contributed by atoms with Crippen molar-refractivity contribution in [2.75, 3.05) is 26.7 Å². The second-order valence-electron chi connectivity index (χ2n) is 14.6. The van der Waals surface area contributed by atoms with Crippen LogP contribution < -0.4 is 9.80 Å². The van der Waals surface area contributed by atoms with Gasteiger partial charge in [0, 0.05) is 49.7 Å². The van der Waals surface area contributed by atoms with Crippen molar-refractivity contribution in [3.63, 3.8) is 0 Å². The van der Waals surface area contributed by atoms with E-state index in [1.54, 1.807) is 0 Å². The third-order valence-electron chi connectivity index (χ3n) is 10.8. The van der Waals surface area contributed by atoms with Crippen molar-refractivity contribution in [1.29, 1.82) is 0 Å². The van der Waals surface area contributed by atoms with Gasteiger partial charge in [-0.05, 0) is 73.2 Å². The van der Waals surface area contributed by atoms with E-state index in [2.05, 4.69) is 27.3 Å². The number of piperidine rings is 1. The number of aliphatic carboxylic acids is 2. The van der Waals surface area contributed by atoms with Crippen molar-refractivity contribution in [2.24, 2.45) is 0 Å². The zero-order valence-corrected chi connectivity index (χ0v) is 32.7. The molecule has 1 aromatic heterocycles. The van der Waals surface area contributed by atoms with Gasteiger partial charge in [-0.2, -0.15) is 18.3 Å². The first kappa shape index (κ1) is 45.3. The number of hydrogen-bond donors (Lipinski definition) is 6. The number of carboxylic acid groups (broad SMARTS) is 2. The largest absolute Gasteiger partial charge is 0.479 e. The Morgan fingerprint density at radius 1 is 0.933 bits per heavy atom. The molecule has 320 valence electrons. The lowest BCUT2D eigenvalue weighted by molar-refractivity contribution is -0.165. The van der Waals surface area contributed by atoms with Gasteiger partial charge in [-0.3, -0.25) is 14.7 Å². The van der Waals surface area contributed by atoms with Crippen molar-refractivity contribution in [3.05, 3.63) is 113 Å². The number of likely N-dealkylation sites (tertiary alicyclic amines) is 1. The Morgan fingerprint density at radius 3 is 2.18 bits per heavy atom. The van der Waals surface area contributed by atoms with E-state index >= 15 is 0 Å². The third-order valence-corrected chi connectivity index (χ3v) is 10.8. The number of fused-ring (bicyclic) bond motifs is 1. The van der Waals surface area contributed by atoms with Gasteiger partial charge in [0.2, 0.25) is 11.7 Å². The fraction of sp³-hybridized carbons (Fsp3) is 0.357. The van der Waals surface area contributed by atoms with Crippen molar-refractivity contribution in [1.82, 2.24) is 24.9 Å². The number of aromatic nitrogens is 2. The normalized spacial score (nSPS) is 18.1. The summed E-state index contributed by atoms with van der Waals surface area (Å²) in [5, 5.41) is 42.6. The lowest BCUT2D eigenvalue weighted by atomic mass is 9.93. The third kappa shape index (κ3) is 10.3. The summed E-state index contributed by atoms with van der Waals surface area (Å²) in [7, 11) is 1.84. The molecule has 2 aliphatic heterocycles. The first-order valence-corrected chi connectivity index (χ1v) is 19.1. The number of nitrogens with one attached hydrogen (secondary N) is 2. The summed E-state index contributed by atoms with van der Waals surface area (Å²) in [6.45, 7) is 4.98. The topological polar surface area (TPSA) is 193 Å². The average Bonchev–Trinajstić information content (AvgIpc) is 3.74. The van der Waals surface area contributed by atoms with Gasteiger partial charge >= 0.3 is 18.1 Å². The Balaban J connectivity index is 0.000000606. The van der Waals surface area contributed by atoms with Crippen LogP contribution in [0.1, 0.15) is 59.8 Å². The number of quaternary nitrogens is 1. The van der Waals surface area contributed by atoms with E-state index in [0.29, 0.717) is 34.6 Å². The van der Waals surface area contributed by atoms with E-state index in [1.807, 2.05) is 25.2 Å². The Kier molecular flexibility index (Phi) is 14.4. The van der Waals surface area contributed by atoms with Crippen molar-refractivity contribution in [3.8, 4) is 11.1 Å². The van der Waals surface area contributed by atoms with Crippen molar-refractivity contribution >= 4 is 35.0 Å². The molecule has 3 heterocycles. The molecule has 6 rings (SSSR count). The number of nitrogens with zero attached hydrogens (tertiary/aromatic N) is 3. The van der Waals surface area contributed by atoms with Gasteiger partial charge in [0.15, 0.2) is 40.9 Å². The molecular formula is C42H45F5N5O8+. The number of ketones is 1. The summed E-state index contributed by atoms with van der Waals surface area (Å²) in [4.78, 5) is 48.2. The fourth-order valence-corrected chi connectivity index (χ4v) is 7.30. The highest BCUT2D eigenvalue weighted by Gasteiger charge is 2.44. The molecule has 0 radical (unpaired) electrons. The van der Waals surface area contributed by atoms with Crippen molar-refractivity contribution in [2.45, 2.75) is 69.9 Å². The number of halogens is 5. The first-order chi connectivity index (χ1) is 28.3. The minimum atomic E-state index is -4.52. The Morgan fingerprint density at radius 2 is 1.58 bits per heavy atom. The maximum atomic E-state index is 14.7. The second kappa shape index (κ2) is 19.1. The number of aromatic amines is 1. The van der Waals surface area contributed by atoms with Gasteiger partial charge in [0.1, 0.15) is 11.9 Å². The van der Waals surface area contributed by atoms with Gasteiger partial charge < -0.3 is 30.6 Å². The quantitative estimate of drug-likeness (QED) is 0.0712.